The number of anilines is 1. The van der Waals surface area contributed by atoms with E-state index < -0.39 is 0 Å². The van der Waals surface area contributed by atoms with E-state index in [4.69, 9.17) is 0 Å². The summed E-state index contributed by atoms with van der Waals surface area (Å²) in [4.78, 5) is 34.0. The second-order valence-electron chi connectivity index (χ2n) is 5.81. The van der Waals surface area contributed by atoms with E-state index in [-0.39, 0.29) is 18.0 Å². The third kappa shape index (κ3) is 2.94. The van der Waals surface area contributed by atoms with Gasteiger partial charge in [0, 0.05) is 0 Å². The van der Waals surface area contributed by atoms with Gasteiger partial charge >= 0.3 is 0 Å². The minimum atomic E-state index is -0.299. The average molecular weight is 370 g/mol. The second-order valence-corrected chi connectivity index (χ2v) is 7.74. The van der Waals surface area contributed by atoms with Gasteiger partial charge in [0.2, 0.25) is 5.91 Å². The monoisotopic (exact) mass is 370 g/mol. The van der Waals surface area contributed by atoms with Crippen LogP contribution in [0.2, 0.25) is 0 Å². The Labute approximate surface area is 150 Å². The molecule has 0 spiro atoms. The van der Waals surface area contributed by atoms with Crippen LogP contribution in [0.15, 0.2) is 34.7 Å². The van der Waals surface area contributed by atoms with Gasteiger partial charge in [-0.25, -0.2) is 9.97 Å². The van der Waals surface area contributed by atoms with Crippen molar-refractivity contribution in [2.75, 3.05) is 5.32 Å². The molecule has 1 amide bonds. The van der Waals surface area contributed by atoms with Crippen molar-refractivity contribution in [3.8, 4) is 0 Å². The molecule has 0 saturated heterocycles. The molecule has 0 aliphatic rings. The van der Waals surface area contributed by atoms with Crippen molar-refractivity contribution in [1.82, 2.24) is 14.5 Å². The number of aryl methyl sites for hydroxylation is 2. The Balaban J connectivity index is 1.58. The number of carbonyl (C=O) groups is 1. The molecule has 126 valence electrons. The summed E-state index contributed by atoms with van der Waals surface area (Å²) in [5.74, 6) is -0.299. The Hall–Kier alpha value is -2.58. The zero-order chi connectivity index (χ0) is 17.6. The number of benzene rings is 1. The highest BCUT2D eigenvalue weighted by Crippen LogP contribution is 2.29. The van der Waals surface area contributed by atoms with E-state index in [1.54, 1.807) is 6.07 Å². The first kappa shape index (κ1) is 15.9. The molecule has 4 rings (SSSR count). The fourth-order valence-corrected chi connectivity index (χ4v) is 4.53. The predicted octanol–water partition coefficient (Wildman–Crippen LogP) is 3.32. The summed E-state index contributed by atoms with van der Waals surface area (Å²) < 4.78 is 2.35. The molecule has 0 radical (unpaired) electrons. The maximum absolute atomic E-state index is 12.3. The first-order valence-electron chi connectivity index (χ1n) is 7.61. The number of hydrogen-bond acceptors (Lipinski definition) is 6. The van der Waals surface area contributed by atoms with E-state index in [0.717, 1.165) is 21.3 Å². The van der Waals surface area contributed by atoms with E-state index in [2.05, 4.69) is 27.4 Å². The molecular formula is C17H14N4O2S2. The van der Waals surface area contributed by atoms with Gasteiger partial charge < -0.3 is 5.32 Å². The number of rotatable bonds is 3. The molecule has 1 aromatic carbocycles. The van der Waals surface area contributed by atoms with E-state index in [1.807, 2.05) is 19.2 Å². The van der Waals surface area contributed by atoms with Gasteiger partial charge in [-0.3, -0.25) is 14.2 Å². The van der Waals surface area contributed by atoms with Gasteiger partial charge in [-0.15, -0.1) is 11.3 Å². The smallest absolute Gasteiger partial charge is 0.262 e. The van der Waals surface area contributed by atoms with Crippen molar-refractivity contribution in [3.63, 3.8) is 0 Å². The van der Waals surface area contributed by atoms with E-state index in [0.29, 0.717) is 15.3 Å². The van der Waals surface area contributed by atoms with Gasteiger partial charge in [0.15, 0.2) is 5.13 Å². The number of thiophene rings is 1. The van der Waals surface area contributed by atoms with E-state index in [1.165, 1.54) is 33.6 Å². The van der Waals surface area contributed by atoms with Crippen LogP contribution in [0.1, 0.15) is 11.1 Å². The molecule has 0 fully saturated rings. The molecule has 6 nitrogen and oxygen atoms in total. The number of amides is 1. The van der Waals surface area contributed by atoms with Crippen LogP contribution in [0.25, 0.3) is 20.4 Å². The summed E-state index contributed by atoms with van der Waals surface area (Å²) in [5, 5.41) is 5.66. The van der Waals surface area contributed by atoms with Crippen molar-refractivity contribution in [2.24, 2.45) is 0 Å². The van der Waals surface area contributed by atoms with Crippen molar-refractivity contribution in [3.05, 3.63) is 51.4 Å². The molecule has 0 saturated carbocycles. The van der Waals surface area contributed by atoms with Gasteiger partial charge in [-0.05, 0) is 42.5 Å². The van der Waals surface area contributed by atoms with Crippen LogP contribution in [-0.2, 0) is 11.3 Å². The Morgan fingerprint density at radius 2 is 2.16 bits per heavy atom. The molecule has 8 heteroatoms. The third-order valence-corrected chi connectivity index (χ3v) is 5.58. The van der Waals surface area contributed by atoms with Crippen LogP contribution in [-0.4, -0.2) is 20.4 Å². The molecule has 3 heterocycles. The highest BCUT2D eigenvalue weighted by atomic mass is 32.1. The summed E-state index contributed by atoms with van der Waals surface area (Å²) in [6.07, 6.45) is 1.41. The van der Waals surface area contributed by atoms with E-state index >= 15 is 0 Å². The predicted molar refractivity (Wildman–Crippen MR) is 102 cm³/mol. The molecular weight excluding hydrogens is 356 g/mol. The van der Waals surface area contributed by atoms with Gasteiger partial charge in [-0.1, -0.05) is 17.4 Å². The summed E-state index contributed by atoms with van der Waals surface area (Å²) >= 11 is 2.83. The fraction of sp³-hybridized carbons (Fsp3) is 0.176. The number of hydrogen-bond donors (Lipinski definition) is 1. The maximum Gasteiger partial charge on any atom is 0.262 e. The molecule has 0 aliphatic heterocycles. The molecule has 0 bridgehead atoms. The van der Waals surface area contributed by atoms with Crippen LogP contribution >= 0.6 is 22.7 Å². The summed E-state index contributed by atoms with van der Waals surface area (Å²) in [7, 11) is 0. The first-order chi connectivity index (χ1) is 12.0. The highest BCUT2D eigenvalue weighted by molar-refractivity contribution is 7.22. The molecule has 4 aromatic rings. The topological polar surface area (TPSA) is 76.9 Å². The van der Waals surface area contributed by atoms with Crippen molar-refractivity contribution in [1.29, 1.82) is 0 Å². The van der Waals surface area contributed by atoms with Gasteiger partial charge in [-0.2, -0.15) is 0 Å². The zero-order valence-electron chi connectivity index (χ0n) is 13.6. The minimum absolute atomic E-state index is 0.0917. The Morgan fingerprint density at radius 1 is 1.32 bits per heavy atom. The number of aromatic nitrogens is 3. The normalized spacial score (nSPS) is 11.3. The first-order valence-corrected chi connectivity index (χ1v) is 9.31. The lowest BCUT2D eigenvalue weighted by atomic mass is 10.1. The van der Waals surface area contributed by atoms with Crippen LogP contribution in [0.3, 0.4) is 0 Å². The van der Waals surface area contributed by atoms with Gasteiger partial charge in [0.25, 0.3) is 5.56 Å². The van der Waals surface area contributed by atoms with Crippen LogP contribution in [0, 0.1) is 13.8 Å². The molecule has 1 N–H and O–H groups in total. The maximum atomic E-state index is 12.3. The van der Waals surface area contributed by atoms with Crippen LogP contribution < -0.4 is 10.9 Å². The molecule has 0 atom stereocenters. The lowest BCUT2D eigenvalue weighted by Gasteiger charge is -2.04. The van der Waals surface area contributed by atoms with Crippen molar-refractivity contribution in [2.45, 2.75) is 20.4 Å². The average Bonchev–Trinajstić information content (AvgIpc) is 3.17. The van der Waals surface area contributed by atoms with Gasteiger partial charge in [0.05, 0.1) is 21.9 Å². The number of nitrogens with one attached hydrogen (secondary N) is 1. The largest absolute Gasteiger partial charge is 0.300 e. The minimum Gasteiger partial charge on any atom is -0.300 e. The number of nitrogens with zero attached hydrogens (tertiary/aromatic N) is 3. The van der Waals surface area contributed by atoms with Crippen molar-refractivity contribution < 1.29 is 4.79 Å². The summed E-state index contributed by atoms with van der Waals surface area (Å²) in [6, 6.07) is 5.84. The molecule has 0 unspecified atom stereocenters. The standard InChI is InChI=1S/C17H14N4O2S2/c1-9-5-10(2)14-12(6-9)25-17(20-14)19-13(22)7-21-8-18-15-11(16(21)23)3-4-24-15/h3-6,8H,7H2,1-2H3,(H,19,20,22). The number of thiazole rings is 1. The zero-order valence-corrected chi connectivity index (χ0v) is 15.2. The lowest BCUT2D eigenvalue weighted by molar-refractivity contribution is -0.116. The number of carbonyl (C=O) groups excluding carboxylic acids is 1. The lowest BCUT2D eigenvalue weighted by Crippen LogP contribution is -2.27. The Morgan fingerprint density at radius 3 is 3.00 bits per heavy atom. The SMILES string of the molecule is Cc1cc(C)c2nc(NC(=O)Cn3cnc4sccc4c3=O)sc2c1. The molecule has 3 aromatic heterocycles. The second kappa shape index (κ2) is 6.05. The highest BCUT2D eigenvalue weighted by Gasteiger charge is 2.12. The Bertz CT molecular complexity index is 1170. The third-order valence-electron chi connectivity index (χ3n) is 3.84. The molecule has 25 heavy (non-hydrogen) atoms. The summed E-state index contributed by atoms with van der Waals surface area (Å²) in [6.45, 7) is 3.94. The molecule has 0 aliphatic carbocycles. The summed E-state index contributed by atoms with van der Waals surface area (Å²) in [5.41, 5.74) is 2.92. The van der Waals surface area contributed by atoms with Crippen molar-refractivity contribution >= 4 is 54.1 Å². The van der Waals surface area contributed by atoms with Gasteiger partial charge in [0.1, 0.15) is 11.4 Å². The fourth-order valence-electron chi connectivity index (χ4n) is 2.74. The van der Waals surface area contributed by atoms with Crippen LogP contribution in [0.4, 0.5) is 5.13 Å². The Kier molecular flexibility index (Phi) is 3.85. The number of fused-ring (bicyclic) bond motifs is 2. The quantitative estimate of drug-likeness (QED) is 0.600. The van der Waals surface area contributed by atoms with E-state index in [9.17, 15) is 9.59 Å². The van der Waals surface area contributed by atoms with Crippen LogP contribution in [0.5, 0.6) is 0 Å².